The van der Waals surface area contributed by atoms with Crippen LogP contribution in [0.3, 0.4) is 0 Å². The number of nitrogens with one attached hydrogen (secondary N) is 2. The number of hydrazone groups is 1. The first-order valence-electron chi connectivity index (χ1n) is 10.5. The molecular formula is C25H22Cl2FN3O4. The Morgan fingerprint density at radius 3 is 2.46 bits per heavy atom. The molecule has 0 bridgehead atoms. The van der Waals surface area contributed by atoms with Crippen LogP contribution in [-0.4, -0.2) is 24.6 Å². The summed E-state index contributed by atoms with van der Waals surface area (Å²) in [4.78, 5) is 23.9. The van der Waals surface area contributed by atoms with E-state index in [-0.39, 0.29) is 6.61 Å². The topological polar surface area (TPSA) is 89.0 Å². The number of carbonyl (C=O) groups is 2. The van der Waals surface area contributed by atoms with E-state index in [1.165, 1.54) is 30.5 Å². The van der Waals surface area contributed by atoms with Crippen molar-refractivity contribution in [1.29, 1.82) is 0 Å². The minimum atomic E-state index is -0.606. The molecule has 3 rings (SSSR count). The average molecular weight is 518 g/mol. The molecule has 182 valence electrons. The lowest BCUT2D eigenvalue weighted by atomic mass is 10.2. The maximum Gasteiger partial charge on any atom is 0.249 e. The summed E-state index contributed by atoms with van der Waals surface area (Å²) < 4.78 is 24.4. The molecule has 0 unspecified atom stereocenters. The Bertz CT molecular complexity index is 1220. The Hall–Kier alpha value is -3.62. The fourth-order valence-electron chi connectivity index (χ4n) is 2.89. The third kappa shape index (κ3) is 8.27. The molecule has 7 nitrogen and oxygen atoms in total. The Morgan fingerprint density at radius 2 is 1.74 bits per heavy atom. The summed E-state index contributed by atoms with van der Waals surface area (Å²) in [6.45, 7) is 2.48. The van der Waals surface area contributed by atoms with Crippen molar-refractivity contribution in [2.24, 2.45) is 5.10 Å². The highest BCUT2D eigenvalue weighted by molar-refractivity contribution is 6.35. The van der Waals surface area contributed by atoms with Gasteiger partial charge in [0.2, 0.25) is 11.8 Å². The van der Waals surface area contributed by atoms with E-state index < -0.39 is 24.1 Å². The zero-order chi connectivity index (χ0) is 25.2. The Kier molecular flexibility index (Phi) is 9.46. The van der Waals surface area contributed by atoms with E-state index >= 15 is 0 Å². The number of amides is 2. The van der Waals surface area contributed by atoms with Gasteiger partial charge in [0.05, 0.1) is 12.8 Å². The second kappa shape index (κ2) is 12.7. The largest absolute Gasteiger partial charge is 0.490 e. The van der Waals surface area contributed by atoms with Crippen LogP contribution in [0, 0.1) is 5.82 Å². The fourth-order valence-corrected chi connectivity index (χ4v) is 3.35. The van der Waals surface area contributed by atoms with E-state index in [2.05, 4.69) is 15.8 Å². The smallest absolute Gasteiger partial charge is 0.249 e. The van der Waals surface area contributed by atoms with Gasteiger partial charge in [-0.1, -0.05) is 29.3 Å². The lowest BCUT2D eigenvalue weighted by Gasteiger charge is -2.13. The zero-order valence-electron chi connectivity index (χ0n) is 18.7. The van der Waals surface area contributed by atoms with Crippen molar-refractivity contribution in [2.75, 3.05) is 11.9 Å². The van der Waals surface area contributed by atoms with Crippen LogP contribution in [0.2, 0.25) is 10.0 Å². The molecule has 10 heteroatoms. The van der Waals surface area contributed by atoms with Crippen LogP contribution in [0.5, 0.6) is 11.5 Å². The average Bonchev–Trinajstić information content (AvgIpc) is 2.81. The number of rotatable bonds is 10. The third-order valence-corrected chi connectivity index (χ3v) is 5.10. The highest BCUT2D eigenvalue weighted by atomic mass is 35.5. The number of ether oxygens (including phenoxy) is 2. The molecule has 0 atom stereocenters. The van der Waals surface area contributed by atoms with Gasteiger partial charge in [-0.05, 0) is 67.1 Å². The van der Waals surface area contributed by atoms with Crippen molar-refractivity contribution >= 4 is 46.9 Å². The molecule has 0 aliphatic rings. The highest BCUT2D eigenvalue weighted by Gasteiger charge is 2.10. The zero-order valence-corrected chi connectivity index (χ0v) is 20.2. The van der Waals surface area contributed by atoms with Gasteiger partial charge >= 0.3 is 0 Å². The van der Waals surface area contributed by atoms with E-state index in [9.17, 15) is 14.0 Å². The summed E-state index contributed by atoms with van der Waals surface area (Å²) in [7, 11) is 0. The van der Waals surface area contributed by atoms with Gasteiger partial charge in [-0.15, -0.1) is 0 Å². The SMILES string of the molecule is CCOc1cc(C=NNC(=O)CC(=O)Nc2ccc(F)cc2)ccc1OCc1ccc(Cl)cc1Cl. The number of hydrogen-bond acceptors (Lipinski definition) is 5. The number of anilines is 1. The van der Waals surface area contributed by atoms with Crippen LogP contribution in [0.1, 0.15) is 24.5 Å². The summed E-state index contributed by atoms with van der Waals surface area (Å²) in [5.41, 5.74) is 4.09. The normalized spacial score (nSPS) is 10.7. The second-order valence-electron chi connectivity index (χ2n) is 7.19. The highest BCUT2D eigenvalue weighted by Crippen LogP contribution is 2.30. The van der Waals surface area contributed by atoms with Gasteiger partial charge in [-0.3, -0.25) is 9.59 Å². The van der Waals surface area contributed by atoms with E-state index in [1.54, 1.807) is 36.4 Å². The molecular weight excluding hydrogens is 496 g/mol. The molecule has 0 aliphatic heterocycles. The molecule has 0 saturated heterocycles. The van der Waals surface area contributed by atoms with Crippen LogP contribution in [0.25, 0.3) is 0 Å². The van der Waals surface area contributed by atoms with Crippen molar-refractivity contribution in [3.63, 3.8) is 0 Å². The minimum absolute atomic E-state index is 0.222. The number of nitrogens with zero attached hydrogens (tertiary/aromatic N) is 1. The molecule has 0 radical (unpaired) electrons. The molecule has 0 fully saturated rings. The predicted octanol–water partition coefficient (Wildman–Crippen LogP) is 5.59. The fraction of sp³-hybridized carbons (Fsp3) is 0.160. The molecule has 2 amide bonds. The Balaban J connectivity index is 1.55. The summed E-state index contributed by atoms with van der Waals surface area (Å²) in [5, 5.41) is 7.42. The first-order chi connectivity index (χ1) is 16.8. The summed E-state index contributed by atoms with van der Waals surface area (Å²) >= 11 is 12.1. The third-order valence-electron chi connectivity index (χ3n) is 4.52. The molecule has 3 aromatic rings. The number of carbonyl (C=O) groups excluding carboxylic acids is 2. The van der Waals surface area contributed by atoms with E-state index in [1.807, 2.05) is 6.92 Å². The van der Waals surface area contributed by atoms with E-state index in [0.717, 1.165) is 5.56 Å². The molecule has 35 heavy (non-hydrogen) atoms. The molecule has 0 aromatic heterocycles. The quantitative estimate of drug-likeness (QED) is 0.208. The van der Waals surface area contributed by atoms with Gasteiger partial charge in [0, 0.05) is 21.3 Å². The van der Waals surface area contributed by atoms with Crippen molar-refractivity contribution < 1.29 is 23.5 Å². The van der Waals surface area contributed by atoms with Gasteiger partial charge in [-0.25, -0.2) is 9.82 Å². The molecule has 0 saturated carbocycles. The van der Waals surface area contributed by atoms with Crippen molar-refractivity contribution in [3.8, 4) is 11.5 Å². The van der Waals surface area contributed by atoms with Gasteiger partial charge in [-0.2, -0.15) is 5.10 Å². The van der Waals surface area contributed by atoms with Crippen LogP contribution < -0.4 is 20.2 Å². The van der Waals surface area contributed by atoms with Gasteiger partial charge in [0.25, 0.3) is 0 Å². The van der Waals surface area contributed by atoms with Gasteiger partial charge in [0.15, 0.2) is 11.5 Å². The lowest BCUT2D eigenvalue weighted by Crippen LogP contribution is -2.24. The minimum Gasteiger partial charge on any atom is -0.490 e. The maximum absolute atomic E-state index is 12.9. The number of halogens is 3. The number of hydrogen-bond donors (Lipinski definition) is 2. The standard InChI is InChI=1S/C25H22Cl2FN3O4/c1-2-34-23-11-16(3-10-22(23)35-15-17-4-5-18(26)12-21(17)27)14-29-31-25(33)13-24(32)30-20-8-6-19(28)7-9-20/h3-12,14H,2,13,15H2,1H3,(H,30,32)(H,31,33). The summed E-state index contributed by atoms with van der Waals surface area (Å²) in [5.74, 6) is -0.577. The maximum atomic E-state index is 12.9. The molecule has 0 spiro atoms. The van der Waals surface area contributed by atoms with Crippen molar-refractivity contribution in [3.05, 3.63) is 87.7 Å². The molecule has 2 N–H and O–H groups in total. The monoisotopic (exact) mass is 517 g/mol. The predicted molar refractivity (Wildman–Crippen MR) is 134 cm³/mol. The van der Waals surface area contributed by atoms with Crippen LogP contribution in [0.4, 0.5) is 10.1 Å². The molecule has 3 aromatic carbocycles. The molecule has 0 heterocycles. The van der Waals surface area contributed by atoms with E-state index in [0.29, 0.717) is 39.4 Å². The first-order valence-corrected chi connectivity index (χ1v) is 11.3. The van der Waals surface area contributed by atoms with Gasteiger partial charge in [0.1, 0.15) is 18.8 Å². The van der Waals surface area contributed by atoms with Crippen molar-refractivity contribution in [1.82, 2.24) is 5.43 Å². The Morgan fingerprint density at radius 1 is 0.971 bits per heavy atom. The first kappa shape index (κ1) is 26.0. The summed E-state index contributed by atoms with van der Waals surface area (Å²) in [6, 6.07) is 15.5. The van der Waals surface area contributed by atoms with Crippen molar-refractivity contribution in [2.45, 2.75) is 20.0 Å². The van der Waals surface area contributed by atoms with E-state index in [4.69, 9.17) is 32.7 Å². The second-order valence-corrected chi connectivity index (χ2v) is 8.03. The number of benzene rings is 3. The van der Waals surface area contributed by atoms with Crippen LogP contribution >= 0.6 is 23.2 Å². The summed E-state index contributed by atoms with van der Waals surface area (Å²) in [6.07, 6.45) is 0.969. The lowest BCUT2D eigenvalue weighted by molar-refractivity contribution is -0.126. The Labute approximate surface area is 211 Å². The van der Waals surface area contributed by atoms with Crippen LogP contribution in [-0.2, 0) is 16.2 Å². The van der Waals surface area contributed by atoms with Crippen LogP contribution in [0.15, 0.2) is 65.8 Å². The molecule has 0 aliphatic carbocycles. The van der Waals surface area contributed by atoms with Gasteiger partial charge < -0.3 is 14.8 Å².